The lowest BCUT2D eigenvalue weighted by molar-refractivity contribution is -0.937. The summed E-state index contributed by atoms with van der Waals surface area (Å²) in [4.78, 5) is 14.0. The summed E-state index contributed by atoms with van der Waals surface area (Å²) in [6, 6.07) is 14.4. The van der Waals surface area contributed by atoms with Crippen LogP contribution in [0.4, 0.5) is 0 Å². The molecule has 0 saturated carbocycles. The van der Waals surface area contributed by atoms with Crippen LogP contribution in [0.3, 0.4) is 0 Å². The first kappa shape index (κ1) is 23.1. The number of aryl methyl sites for hydroxylation is 1. The van der Waals surface area contributed by atoms with Crippen molar-refractivity contribution in [3.8, 4) is 11.5 Å². The normalized spacial score (nSPS) is 15.5. The Morgan fingerprint density at radius 2 is 1.84 bits per heavy atom. The van der Waals surface area contributed by atoms with Gasteiger partial charge in [0, 0.05) is 5.56 Å². The molecule has 1 amide bonds. The molecule has 0 radical (unpaired) electrons. The van der Waals surface area contributed by atoms with E-state index in [1.54, 1.807) is 7.11 Å². The summed E-state index contributed by atoms with van der Waals surface area (Å²) in [7, 11) is 1.67. The summed E-state index contributed by atoms with van der Waals surface area (Å²) in [6.07, 6.45) is 0. The first-order valence-corrected chi connectivity index (χ1v) is 11.0. The van der Waals surface area contributed by atoms with Gasteiger partial charge in [0.25, 0.3) is 5.91 Å². The Balaban J connectivity index is 1.62. The van der Waals surface area contributed by atoms with E-state index < -0.39 is 0 Å². The molecule has 1 aliphatic heterocycles. The Hall–Kier alpha value is -2.57. The number of benzene rings is 2. The van der Waals surface area contributed by atoms with E-state index in [4.69, 9.17) is 14.2 Å². The van der Waals surface area contributed by atoms with Gasteiger partial charge in [-0.25, -0.2) is 0 Å². The molecule has 1 aliphatic rings. The molecule has 0 unspecified atom stereocenters. The van der Waals surface area contributed by atoms with Gasteiger partial charge in [-0.15, -0.1) is 0 Å². The lowest BCUT2D eigenvalue weighted by Crippen LogP contribution is -3.15. The Morgan fingerprint density at radius 3 is 2.48 bits per heavy atom. The van der Waals surface area contributed by atoms with Crippen molar-refractivity contribution in [2.45, 2.75) is 32.7 Å². The van der Waals surface area contributed by atoms with E-state index >= 15 is 0 Å². The van der Waals surface area contributed by atoms with Crippen LogP contribution in [0, 0.1) is 6.92 Å². The van der Waals surface area contributed by atoms with Crippen LogP contribution in [-0.4, -0.2) is 52.5 Å². The molecule has 6 nitrogen and oxygen atoms in total. The van der Waals surface area contributed by atoms with Gasteiger partial charge < -0.3 is 24.4 Å². The highest BCUT2D eigenvalue weighted by Crippen LogP contribution is 2.27. The summed E-state index contributed by atoms with van der Waals surface area (Å²) in [5.41, 5.74) is 3.42. The van der Waals surface area contributed by atoms with Crippen molar-refractivity contribution in [1.29, 1.82) is 0 Å². The lowest BCUT2D eigenvalue weighted by Gasteiger charge is -2.32. The number of rotatable bonds is 9. The summed E-state index contributed by atoms with van der Waals surface area (Å²) in [5, 5.41) is 3.08. The zero-order chi connectivity index (χ0) is 22.2. The number of amides is 1. The van der Waals surface area contributed by atoms with E-state index in [9.17, 15) is 4.79 Å². The molecule has 0 bridgehead atoms. The Kier molecular flexibility index (Phi) is 8.32. The van der Waals surface area contributed by atoms with E-state index in [-0.39, 0.29) is 18.6 Å². The fourth-order valence-corrected chi connectivity index (χ4v) is 3.97. The van der Waals surface area contributed by atoms with E-state index in [1.807, 2.05) is 25.1 Å². The molecule has 0 aliphatic carbocycles. The molecule has 3 rings (SSSR count). The van der Waals surface area contributed by atoms with Gasteiger partial charge >= 0.3 is 0 Å². The van der Waals surface area contributed by atoms with Crippen molar-refractivity contribution in [2.24, 2.45) is 0 Å². The molecule has 6 heteroatoms. The predicted molar refractivity (Wildman–Crippen MR) is 121 cm³/mol. The van der Waals surface area contributed by atoms with Gasteiger partial charge in [-0.1, -0.05) is 26.0 Å². The molecule has 31 heavy (non-hydrogen) atoms. The number of quaternary nitrogens is 1. The SMILES string of the molecule is COc1ccc([C@H](CNC(=O)COc2cc(C)ccc2C(C)C)[NH+]2CCOCC2)cc1. The smallest absolute Gasteiger partial charge is 0.258 e. The summed E-state index contributed by atoms with van der Waals surface area (Å²) in [5.74, 6) is 1.84. The topological polar surface area (TPSA) is 61.2 Å². The maximum atomic E-state index is 12.6. The van der Waals surface area contributed by atoms with Gasteiger partial charge in [0.15, 0.2) is 6.61 Å². The molecule has 2 aromatic carbocycles. The number of carbonyl (C=O) groups excluding carboxylic acids is 1. The van der Waals surface area contributed by atoms with Gasteiger partial charge in [-0.2, -0.15) is 0 Å². The summed E-state index contributed by atoms with van der Waals surface area (Å²) >= 11 is 0. The van der Waals surface area contributed by atoms with Crippen molar-refractivity contribution in [2.75, 3.05) is 46.6 Å². The molecule has 1 saturated heterocycles. The number of methoxy groups -OCH3 is 1. The number of hydrogen-bond donors (Lipinski definition) is 2. The van der Waals surface area contributed by atoms with Crippen LogP contribution >= 0.6 is 0 Å². The highest BCUT2D eigenvalue weighted by molar-refractivity contribution is 5.77. The summed E-state index contributed by atoms with van der Waals surface area (Å²) < 4.78 is 16.7. The summed E-state index contributed by atoms with van der Waals surface area (Å²) in [6.45, 7) is 10.2. The lowest BCUT2D eigenvalue weighted by atomic mass is 10.0. The molecule has 0 spiro atoms. The van der Waals surface area contributed by atoms with Gasteiger partial charge in [0.1, 0.15) is 30.6 Å². The van der Waals surface area contributed by atoms with Gasteiger partial charge in [0.2, 0.25) is 0 Å². The number of morpholine rings is 1. The zero-order valence-electron chi connectivity index (χ0n) is 19.1. The molecule has 168 valence electrons. The number of ether oxygens (including phenoxy) is 3. The third-order valence-electron chi connectivity index (χ3n) is 5.80. The zero-order valence-corrected chi connectivity index (χ0v) is 19.1. The average Bonchev–Trinajstić information content (AvgIpc) is 2.79. The minimum absolute atomic E-state index is 0.0109. The molecule has 1 fully saturated rings. The van der Waals surface area contributed by atoms with Gasteiger partial charge in [0.05, 0.1) is 26.9 Å². The van der Waals surface area contributed by atoms with Crippen LogP contribution < -0.4 is 19.7 Å². The van der Waals surface area contributed by atoms with Crippen LogP contribution in [-0.2, 0) is 9.53 Å². The Labute approximate surface area is 185 Å². The molecular weight excluding hydrogens is 392 g/mol. The quantitative estimate of drug-likeness (QED) is 0.645. The standard InChI is InChI=1S/C25H34N2O4/c1-18(2)22-10-5-19(3)15-24(22)31-17-25(28)26-16-23(27-11-13-30-14-12-27)20-6-8-21(29-4)9-7-20/h5-10,15,18,23H,11-14,16-17H2,1-4H3,(H,26,28)/p+1/t23-/m0/s1. The highest BCUT2D eigenvalue weighted by atomic mass is 16.5. The minimum Gasteiger partial charge on any atom is -0.497 e. The van der Waals surface area contributed by atoms with Gasteiger partial charge in [-0.05, 0) is 54.3 Å². The largest absolute Gasteiger partial charge is 0.497 e. The van der Waals surface area contributed by atoms with E-state index in [1.165, 1.54) is 10.5 Å². The molecule has 2 N–H and O–H groups in total. The first-order valence-electron chi connectivity index (χ1n) is 11.0. The maximum absolute atomic E-state index is 12.6. The van der Waals surface area contributed by atoms with Crippen molar-refractivity contribution in [1.82, 2.24) is 5.32 Å². The minimum atomic E-state index is -0.109. The third kappa shape index (κ3) is 6.45. The molecule has 0 aromatic heterocycles. The molecule has 2 aromatic rings. The Morgan fingerprint density at radius 1 is 1.13 bits per heavy atom. The molecule has 1 heterocycles. The predicted octanol–water partition coefficient (Wildman–Crippen LogP) is 2.28. The molecular formula is C25H35N2O4+. The second-order valence-electron chi connectivity index (χ2n) is 8.39. The van der Waals surface area contributed by atoms with Crippen molar-refractivity contribution < 1.29 is 23.9 Å². The highest BCUT2D eigenvalue weighted by Gasteiger charge is 2.27. The van der Waals surface area contributed by atoms with E-state index in [2.05, 4.69) is 43.4 Å². The van der Waals surface area contributed by atoms with Crippen molar-refractivity contribution in [3.63, 3.8) is 0 Å². The number of nitrogens with one attached hydrogen (secondary N) is 2. The van der Waals surface area contributed by atoms with Crippen LogP contribution in [0.15, 0.2) is 42.5 Å². The Bertz CT molecular complexity index is 845. The van der Waals surface area contributed by atoms with E-state index in [0.717, 1.165) is 48.9 Å². The van der Waals surface area contributed by atoms with Crippen LogP contribution in [0.2, 0.25) is 0 Å². The van der Waals surface area contributed by atoms with Crippen LogP contribution in [0.25, 0.3) is 0 Å². The fraction of sp³-hybridized carbons (Fsp3) is 0.480. The molecule has 1 atom stereocenters. The fourth-order valence-electron chi connectivity index (χ4n) is 3.97. The first-order chi connectivity index (χ1) is 15.0. The number of carbonyl (C=O) groups is 1. The monoisotopic (exact) mass is 427 g/mol. The van der Waals surface area contributed by atoms with Crippen molar-refractivity contribution >= 4 is 5.91 Å². The van der Waals surface area contributed by atoms with Crippen molar-refractivity contribution in [3.05, 3.63) is 59.2 Å². The number of hydrogen-bond acceptors (Lipinski definition) is 4. The maximum Gasteiger partial charge on any atom is 0.258 e. The van der Waals surface area contributed by atoms with E-state index in [0.29, 0.717) is 12.5 Å². The van der Waals surface area contributed by atoms with Crippen LogP contribution in [0.1, 0.15) is 42.5 Å². The third-order valence-corrected chi connectivity index (χ3v) is 5.80. The second-order valence-corrected chi connectivity index (χ2v) is 8.39. The second kappa shape index (κ2) is 11.2. The van der Waals surface area contributed by atoms with Crippen LogP contribution in [0.5, 0.6) is 11.5 Å². The van der Waals surface area contributed by atoms with Gasteiger partial charge in [-0.3, -0.25) is 4.79 Å². The average molecular weight is 428 g/mol.